The second kappa shape index (κ2) is 7.78. The van der Waals surface area contributed by atoms with Crippen molar-refractivity contribution < 1.29 is 14.6 Å². The number of hydrogen-bond acceptors (Lipinski definition) is 2. The molecule has 1 aromatic carbocycles. The van der Waals surface area contributed by atoms with Crippen LogP contribution in [0.1, 0.15) is 23.2 Å². The lowest BCUT2D eigenvalue weighted by Gasteiger charge is -2.14. The Hall–Kier alpha value is -2.57. The molecule has 0 aliphatic carbocycles. The number of benzene rings is 1. The van der Waals surface area contributed by atoms with E-state index in [1.54, 1.807) is 24.3 Å². The van der Waals surface area contributed by atoms with Crippen LogP contribution in [0.3, 0.4) is 0 Å². The molecular formula is C13H20N5O2+. The fourth-order valence-electron chi connectivity index (χ4n) is 1.66. The van der Waals surface area contributed by atoms with E-state index in [9.17, 15) is 9.59 Å². The minimum Gasteiger partial charge on any atom is -0.368 e. The molecule has 0 spiro atoms. The van der Waals surface area contributed by atoms with Gasteiger partial charge in [0.05, 0.1) is 6.54 Å². The average molecular weight is 278 g/mol. The Morgan fingerprint density at radius 1 is 1.15 bits per heavy atom. The highest BCUT2D eigenvalue weighted by Crippen LogP contribution is 2.01. The summed E-state index contributed by atoms with van der Waals surface area (Å²) in [7, 11) is 0. The number of carbonyl (C=O) groups excluding carboxylic acids is 2. The van der Waals surface area contributed by atoms with Crippen molar-refractivity contribution in [2.75, 3.05) is 6.54 Å². The molecule has 0 bridgehead atoms. The lowest BCUT2D eigenvalue weighted by atomic mass is 10.1. The lowest BCUT2D eigenvalue weighted by Crippen LogP contribution is -2.78. The van der Waals surface area contributed by atoms with E-state index in [2.05, 4.69) is 10.3 Å². The first kappa shape index (κ1) is 15.5. The van der Waals surface area contributed by atoms with Gasteiger partial charge in [-0.1, -0.05) is 18.2 Å². The number of hydrogen-bond donors (Lipinski definition) is 5. The number of nitrogens with one attached hydrogen (secondary N) is 2. The van der Waals surface area contributed by atoms with Gasteiger partial charge < -0.3 is 11.1 Å². The van der Waals surface area contributed by atoms with Gasteiger partial charge in [0.1, 0.15) is 6.04 Å². The molecule has 0 saturated carbocycles. The molecule has 1 rings (SSSR count). The highest BCUT2D eigenvalue weighted by atomic mass is 16.2. The van der Waals surface area contributed by atoms with E-state index in [1.165, 1.54) is 0 Å². The fraction of sp³-hybridized carbons (Fsp3) is 0.308. The SMILES string of the molecule is NC(=O)[C@@H](CCC[NH+]=C(N)N)NC(=O)c1ccccc1. The summed E-state index contributed by atoms with van der Waals surface area (Å²) in [5.74, 6) is -0.778. The van der Waals surface area contributed by atoms with Gasteiger partial charge in [-0.3, -0.25) is 26.0 Å². The predicted octanol–water partition coefficient (Wildman–Crippen LogP) is -2.60. The van der Waals surface area contributed by atoms with Gasteiger partial charge >= 0.3 is 5.96 Å². The monoisotopic (exact) mass is 278 g/mol. The molecule has 1 atom stereocenters. The Morgan fingerprint density at radius 2 is 1.80 bits per heavy atom. The van der Waals surface area contributed by atoms with Gasteiger partial charge in [-0.05, 0) is 25.0 Å². The van der Waals surface area contributed by atoms with Crippen LogP contribution in [0.25, 0.3) is 0 Å². The van der Waals surface area contributed by atoms with Gasteiger partial charge in [-0.15, -0.1) is 0 Å². The second-order valence-electron chi connectivity index (χ2n) is 4.32. The van der Waals surface area contributed by atoms with Gasteiger partial charge in [0.25, 0.3) is 5.91 Å². The van der Waals surface area contributed by atoms with Crippen molar-refractivity contribution in [2.45, 2.75) is 18.9 Å². The normalized spacial score (nSPS) is 11.4. The number of primary amides is 1. The number of rotatable bonds is 7. The van der Waals surface area contributed by atoms with Crippen molar-refractivity contribution in [1.29, 1.82) is 0 Å². The first-order valence-electron chi connectivity index (χ1n) is 6.27. The molecule has 1 aromatic rings. The number of guanidine groups is 1. The molecule has 8 N–H and O–H groups in total. The fourth-order valence-corrected chi connectivity index (χ4v) is 1.66. The van der Waals surface area contributed by atoms with Crippen LogP contribution >= 0.6 is 0 Å². The number of carbonyl (C=O) groups is 2. The first-order chi connectivity index (χ1) is 9.50. The van der Waals surface area contributed by atoms with Gasteiger partial charge in [0.15, 0.2) is 0 Å². The van der Waals surface area contributed by atoms with Crippen LogP contribution in [0.5, 0.6) is 0 Å². The van der Waals surface area contributed by atoms with Gasteiger partial charge in [0, 0.05) is 5.56 Å². The second-order valence-corrected chi connectivity index (χ2v) is 4.32. The molecule has 108 valence electrons. The predicted molar refractivity (Wildman–Crippen MR) is 75.3 cm³/mol. The van der Waals surface area contributed by atoms with Crippen LogP contribution in [0.4, 0.5) is 0 Å². The Balaban J connectivity index is 2.53. The summed E-state index contributed by atoms with van der Waals surface area (Å²) in [6.07, 6.45) is 1.01. The van der Waals surface area contributed by atoms with Gasteiger partial charge in [-0.25, -0.2) is 0 Å². The largest absolute Gasteiger partial charge is 0.368 e. The Morgan fingerprint density at radius 3 is 2.35 bits per heavy atom. The Bertz CT molecular complexity index is 483. The van der Waals surface area contributed by atoms with Crippen LogP contribution in [0, 0.1) is 0 Å². The van der Waals surface area contributed by atoms with E-state index >= 15 is 0 Å². The molecule has 7 nitrogen and oxygen atoms in total. The van der Waals surface area contributed by atoms with Crippen LogP contribution < -0.4 is 27.5 Å². The average Bonchev–Trinajstić information content (AvgIpc) is 2.42. The molecule has 0 unspecified atom stereocenters. The highest BCUT2D eigenvalue weighted by Gasteiger charge is 2.18. The van der Waals surface area contributed by atoms with Crippen molar-refractivity contribution in [3.8, 4) is 0 Å². The van der Waals surface area contributed by atoms with Crippen molar-refractivity contribution >= 4 is 17.8 Å². The van der Waals surface area contributed by atoms with Gasteiger partial charge in [-0.2, -0.15) is 0 Å². The summed E-state index contributed by atoms with van der Waals surface area (Å²) in [6, 6.07) is 7.92. The molecule has 0 aliphatic rings. The van der Waals surface area contributed by atoms with E-state index in [0.717, 1.165) is 0 Å². The molecule has 0 aliphatic heterocycles. The maximum atomic E-state index is 11.9. The zero-order valence-corrected chi connectivity index (χ0v) is 11.1. The summed E-state index contributed by atoms with van der Waals surface area (Å²) < 4.78 is 0. The standard InChI is InChI=1S/C13H19N5O2/c14-11(19)10(7-4-8-17-13(15)16)18-12(20)9-5-2-1-3-6-9/h1-3,5-6,10H,4,7-8H2,(H2,14,19)(H,18,20)(H4,15,16,17)/p+1/t10-/m1/s1. The van der Waals surface area contributed by atoms with Gasteiger partial charge in [0.2, 0.25) is 5.91 Å². The van der Waals surface area contributed by atoms with E-state index < -0.39 is 11.9 Å². The minimum atomic E-state index is -0.719. The maximum Gasteiger partial charge on any atom is 0.338 e. The minimum absolute atomic E-state index is 0.119. The molecule has 0 radical (unpaired) electrons. The highest BCUT2D eigenvalue weighted by molar-refractivity contribution is 5.97. The van der Waals surface area contributed by atoms with E-state index in [4.69, 9.17) is 17.2 Å². The van der Waals surface area contributed by atoms with Crippen molar-refractivity contribution in [3.63, 3.8) is 0 Å². The summed E-state index contributed by atoms with van der Waals surface area (Å²) in [5, 5.41) is 2.61. The first-order valence-corrected chi connectivity index (χ1v) is 6.27. The van der Waals surface area contributed by atoms with E-state index in [0.29, 0.717) is 24.9 Å². The molecule has 0 aromatic heterocycles. The zero-order chi connectivity index (χ0) is 15.0. The Labute approximate surface area is 117 Å². The summed E-state index contributed by atoms with van der Waals surface area (Å²) in [5.41, 5.74) is 16.3. The van der Waals surface area contributed by atoms with Crippen LogP contribution in [0.15, 0.2) is 30.3 Å². The topological polar surface area (TPSA) is 138 Å². The van der Waals surface area contributed by atoms with Crippen molar-refractivity contribution in [2.24, 2.45) is 17.2 Å². The molecule has 0 heterocycles. The summed E-state index contributed by atoms with van der Waals surface area (Å²) in [4.78, 5) is 26.0. The number of amides is 2. The third-order valence-electron chi connectivity index (χ3n) is 2.68. The quantitative estimate of drug-likeness (QED) is 0.212. The van der Waals surface area contributed by atoms with Crippen LogP contribution in [0.2, 0.25) is 0 Å². The lowest BCUT2D eigenvalue weighted by molar-refractivity contribution is -0.459. The third kappa shape index (κ3) is 5.38. The molecule has 7 heteroatoms. The molecule has 2 amide bonds. The zero-order valence-electron chi connectivity index (χ0n) is 11.1. The van der Waals surface area contributed by atoms with Crippen molar-refractivity contribution in [1.82, 2.24) is 5.32 Å². The summed E-state index contributed by atoms with van der Waals surface area (Å²) in [6.45, 7) is 0.507. The molecule has 0 saturated heterocycles. The third-order valence-corrected chi connectivity index (χ3v) is 2.68. The van der Waals surface area contributed by atoms with Crippen molar-refractivity contribution in [3.05, 3.63) is 35.9 Å². The molecule has 0 fully saturated rings. The Kier molecular flexibility index (Phi) is 6.02. The van der Waals surface area contributed by atoms with Crippen LogP contribution in [-0.2, 0) is 4.79 Å². The summed E-state index contributed by atoms with van der Waals surface area (Å²) >= 11 is 0. The van der Waals surface area contributed by atoms with E-state index in [1.807, 2.05) is 6.07 Å². The molecule has 20 heavy (non-hydrogen) atoms. The molecular weight excluding hydrogens is 258 g/mol. The van der Waals surface area contributed by atoms with Crippen LogP contribution in [-0.4, -0.2) is 30.4 Å². The number of nitrogens with two attached hydrogens (primary N) is 3. The smallest absolute Gasteiger partial charge is 0.338 e. The maximum absolute atomic E-state index is 11.9. The van der Waals surface area contributed by atoms with E-state index in [-0.39, 0.29) is 11.9 Å².